The van der Waals surface area contributed by atoms with Gasteiger partial charge in [0, 0.05) is 5.02 Å². The molecule has 0 unspecified atom stereocenters. The van der Waals surface area contributed by atoms with Crippen LogP contribution in [0.1, 0.15) is 18.5 Å². The minimum absolute atomic E-state index is 0.000889. The van der Waals surface area contributed by atoms with Gasteiger partial charge in [0.05, 0.1) is 11.7 Å². The molecule has 0 saturated carbocycles. The lowest BCUT2D eigenvalue weighted by Crippen LogP contribution is -2.31. The standard InChI is InChI=1S/C15H14ClFN2S/c1-10(11-6-8-12(16)9-7-11)18-15(20)19-14-5-3-2-4-13(14)17/h2-10H,1H3,(H2,18,19,20)/t10-/m1/s1. The summed E-state index contributed by atoms with van der Waals surface area (Å²) in [6.45, 7) is 1.97. The van der Waals surface area contributed by atoms with Crippen molar-refractivity contribution < 1.29 is 4.39 Å². The summed E-state index contributed by atoms with van der Waals surface area (Å²) < 4.78 is 13.5. The van der Waals surface area contributed by atoms with Gasteiger partial charge in [-0.25, -0.2) is 4.39 Å². The number of hydrogen-bond acceptors (Lipinski definition) is 1. The largest absolute Gasteiger partial charge is 0.356 e. The molecule has 0 aliphatic carbocycles. The van der Waals surface area contributed by atoms with Crippen LogP contribution >= 0.6 is 23.8 Å². The third-order valence-corrected chi connectivity index (χ3v) is 3.31. The van der Waals surface area contributed by atoms with Gasteiger partial charge in [0.2, 0.25) is 0 Å². The average Bonchev–Trinajstić information content (AvgIpc) is 2.42. The summed E-state index contributed by atoms with van der Waals surface area (Å²) in [5.74, 6) is -0.337. The van der Waals surface area contributed by atoms with Gasteiger partial charge in [-0.15, -0.1) is 0 Å². The van der Waals surface area contributed by atoms with Gasteiger partial charge in [-0.05, 0) is 49.0 Å². The first-order valence-corrected chi connectivity index (χ1v) is 6.92. The maximum absolute atomic E-state index is 13.5. The molecule has 0 aliphatic heterocycles. The molecule has 2 aromatic rings. The van der Waals surface area contributed by atoms with E-state index in [9.17, 15) is 4.39 Å². The first kappa shape index (κ1) is 14.8. The highest BCUT2D eigenvalue weighted by molar-refractivity contribution is 7.80. The number of thiocarbonyl (C=S) groups is 1. The van der Waals surface area contributed by atoms with E-state index in [4.69, 9.17) is 23.8 Å². The Morgan fingerprint density at radius 1 is 1.15 bits per heavy atom. The predicted molar refractivity (Wildman–Crippen MR) is 85.6 cm³/mol. The van der Waals surface area contributed by atoms with Gasteiger partial charge in [-0.2, -0.15) is 0 Å². The van der Waals surface area contributed by atoms with Crippen LogP contribution < -0.4 is 10.6 Å². The van der Waals surface area contributed by atoms with Crippen LogP contribution in [0.15, 0.2) is 48.5 Å². The van der Waals surface area contributed by atoms with Crippen LogP contribution in [0.3, 0.4) is 0 Å². The van der Waals surface area contributed by atoms with E-state index in [1.165, 1.54) is 6.07 Å². The van der Waals surface area contributed by atoms with Gasteiger partial charge in [0.25, 0.3) is 0 Å². The fraction of sp³-hybridized carbons (Fsp3) is 0.133. The summed E-state index contributed by atoms with van der Waals surface area (Å²) in [7, 11) is 0. The molecule has 20 heavy (non-hydrogen) atoms. The van der Waals surface area contributed by atoms with E-state index in [1.54, 1.807) is 18.2 Å². The molecule has 1 atom stereocenters. The maximum Gasteiger partial charge on any atom is 0.171 e. The molecule has 2 N–H and O–H groups in total. The Balaban J connectivity index is 1.98. The molecule has 0 aromatic heterocycles. The highest BCUT2D eigenvalue weighted by atomic mass is 35.5. The van der Waals surface area contributed by atoms with Crippen LogP contribution in [0, 0.1) is 5.82 Å². The second kappa shape index (κ2) is 6.68. The first-order valence-electron chi connectivity index (χ1n) is 6.14. The molecule has 2 nitrogen and oxygen atoms in total. The van der Waals surface area contributed by atoms with E-state index in [1.807, 2.05) is 31.2 Å². The number of rotatable bonds is 3. The fourth-order valence-corrected chi connectivity index (χ4v) is 2.17. The van der Waals surface area contributed by atoms with Crippen LogP contribution in [0.5, 0.6) is 0 Å². The van der Waals surface area contributed by atoms with Crippen molar-refractivity contribution in [2.24, 2.45) is 0 Å². The number of para-hydroxylation sites is 1. The van der Waals surface area contributed by atoms with E-state index in [2.05, 4.69) is 10.6 Å². The normalized spacial score (nSPS) is 11.8. The maximum atomic E-state index is 13.5. The van der Waals surface area contributed by atoms with Crippen molar-refractivity contribution in [2.45, 2.75) is 13.0 Å². The number of anilines is 1. The number of halogens is 2. The molecule has 0 aliphatic rings. The van der Waals surface area contributed by atoms with Crippen molar-refractivity contribution in [3.8, 4) is 0 Å². The summed E-state index contributed by atoms with van der Waals surface area (Å²) in [4.78, 5) is 0. The van der Waals surface area contributed by atoms with Crippen molar-refractivity contribution in [1.29, 1.82) is 0 Å². The number of nitrogens with one attached hydrogen (secondary N) is 2. The van der Waals surface area contributed by atoms with Crippen molar-refractivity contribution in [3.63, 3.8) is 0 Å². The van der Waals surface area contributed by atoms with Crippen molar-refractivity contribution >= 4 is 34.6 Å². The Morgan fingerprint density at radius 2 is 1.80 bits per heavy atom. The van der Waals surface area contributed by atoms with Crippen molar-refractivity contribution in [2.75, 3.05) is 5.32 Å². The molecule has 2 rings (SSSR count). The average molecular weight is 309 g/mol. The Kier molecular flexibility index (Phi) is 4.93. The molecule has 0 heterocycles. The second-order valence-corrected chi connectivity index (χ2v) is 5.20. The number of benzene rings is 2. The molecular formula is C15H14ClFN2S. The molecule has 0 spiro atoms. The van der Waals surface area contributed by atoms with Crippen LogP contribution in [0.2, 0.25) is 5.02 Å². The van der Waals surface area contributed by atoms with Crippen molar-refractivity contribution in [3.05, 3.63) is 64.9 Å². The summed E-state index contributed by atoms with van der Waals surface area (Å²) in [6.07, 6.45) is 0. The summed E-state index contributed by atoms with van der Waals surface area (Å²) >= 11 is 11.0. The van der Waals surface area contributed by atoms with Gasteiger partial charge in [0.1, 0.15) is 5.82 Å². The highest BCUT2D eigenvalue weighted by Crippen LogP contribution is 2.17. The quantitative estimate of drug-likeness (QED) is 0.815. The second-order valence-electron chi connectivity index (χ2n) is 4.35. The summed E-state index contributed by atoms with van der Waals surface area (Å²) in [5.41, 5.74) is 1.40. The summed E-state index contributed by atoms with van der Waals surface area (Å²) in [5, 5.41) is 7.00. The Labute approximate surface area is 128 Å². The lowest BCUT2D eigenvalue weighted by Gasteiger charge is -2.17. The predicted octanol–water partition coefficient (Wildman–Crippen LogP) is 4.53. The van der Waals surface area contributed by atoms with Gasteiger partial charge >= 0.3 is 0 Å². The molecule has 5 heteroatoms. The minimum atomic E-state index is -0.337. The Hall–Kier alpha value is -1.65. The molecule has 0 bridgehead atoms. The van der Waals surface area contributed by atoms with Crippen LogP contribution in [0.25, 0.3) is 0 Å². The minimum Gasteiger partial charge on any atom is -0.356 e. The zero-order chi connectivity index (χ0) is 14.5. The topological polar surface area (TPSA) is 24.1 Å². The van der Waals surface area contributed by atoms with E-state index in [-0.39, 0.29) is 11.9 Å². The van der Waals surface area contributed by atoms with Gasteiger partial charge in [0.15, 0.2) is 5.11 Å². The zero-order valence-corrected chi connectivity index (χ0v) is 12.4. The molecule has 0 amide bonds. The molecular weight excluding hydrogens is 295 g/mol. The van der Waals surface area contributed by atoms with E-state index < -0.39 is 0 Å². The van der Waals surface area contributed by atoms with Crippen LogP contribution in [-0.2, 0) is 0 Å². The van der Waals surface area contributed by atoms with E-state index in [0.717, 1.165) is 5.56 Å². The molecule has 2 aromatic carbocycles. The fourth-order valence-electron chi connectivity index (χ4n) is 1.75. The number of hydrogen-bond donors (Lipinski definition) is 2. The molecule has 0 saturated heterocycles. The third-order valence-electron chi connectivity index (χ3n) is 2.84. The lowest BCUT2D eigenvalue weighted by atomic mass is 10.1. The molecule has 104 valence electrons. The van der Waals surface area contributed by atoms with Gasteiger partial charge in [-0.1, -0.05) is 35.9 Å². The highest BCUT2D eigenvalue weighted by Gasteiger charge is 2.08. The first-order chi connectivity index (χ1) is 9.56. The Bertz CT molecular complexity index is 601. The van der Waals surface area contributed by atoms with Crippen LogP contribution in [0.4, 0.5) is 10.1 Å². The molecule has 0 fully saturated rings. The lowest BCUT2D eigenvalue weighted by molar-refractivity contribution is 0.631. The SMILES string of the molecule is C[C@@H](NC(=S)Nc1ccccc1F)c1ccc(Cl)cc1. The van der Waals surface area contributed by atoms with Gasteiger partial charge in [-0.3, -0.25) is 0 Å². The van der Waals surface area contributed by atoms with E-state index in [0.29, 0.717) is 15.8 Å². The van der Waals surface area contributed by atoms with Crippen molar-refractivity contribution in [1.82, 2.24) is 5.32 Å². The van der Waals surface area contributed by atoms with Gasteiger partial charge < -0.3 is 10.6 Å². The van der Waals surface area contributed by atoms with Crippen LogP contribution in [-0.4, -0.2) is 5.11 Å². The molecule has 0 radical (unpaired) electrons. The zero-order valence-electron chi connectivity index (χ0n) is 10.9. The Morgan fingerprint density at radius 3 is 2.45 bits per heavy atom. The third kappa shape index (κ3) is 3.92. The monoisotopic (exact) mass is 308 g/mol. The van der Waals surface area contributed by atoms with E-state index >= 15 is 0 Å². The summed E-state index contributed by atoms with van der Waals surface area (Å²) in [6, 6.07) is 13.9. The smallest absolute Gasteiger partial charge is 0.171 e.